The maximum Gasteiger partial charge on any atom is 0.223 e. The number of pyridine rings is 1. The summed E-state index contributed by atoms with van der Waals surface area (Å²) in [6.45, 7) is 5.31. The zero-order valence-corrected chi connectivity index (χ0v) is 15.8. The summed E-state index contributed by atoms with van der Waals surface area (Å²) in [7, 11) is 2.04. The highest BCUT2D eigenvalue weighted by molar-refractivity contribution is 7.11. The Bertz CT molecular complexity index is 688. The molecule has 1 aliphatic heterocycles. The van der Waals surface area contributed by atoms with Crippen molar-refractivity contribution in [1.29, 1.82) is 0 Å². The van der Waals surface area contributed by atoms with E-state index in [4.69, 9.17) is 0 Å². The molecule has 134 valence electrons. The molecule has 1 aliphatic rings. The summed E-state index contributed by atoms with van der Waals surface area (Å²) in [5.74, 6) is 0.661. The van der Waals surface area contributed by atoms with Crippen LogP contribution in [-0.4, -0.2) is 52.4 Å². The van der Waals surface area contributed by atoms with E-state index in [0.717, 1.165) is 44.7 Å². The van der Waals surface area contributed by atoms with Crippen LogP contribution in [-0.2, 0) is 11.3 Å². The van der Waals surface area contributed by atoms with Gasteiger partial charge in [-0.05, 0) is 38.9 Å². The summed E-state index contributed by atoms with van der Waals surface area (Å²) in [6.07, 6.45) is 6.51. The van der Waals surface area contributed by atoms with Gasteiger partial charge in [0.25, 0.3) is 0 Å². The standard InChI is InChI=1S/C19H26N4OS/c1-15-12-21-19(25-15)16-6-5-10-23(13-16)18(24)8-11-22(2)14-17-7-3-4-9-20-17/h3-4,7,9,12,16H,5-6,8,10-11,13-14H2,1-2H3/t16-/m1/s1. The van der Waals surface area contributed by atoms with Crippen molar-refractivity contribution < 1.29 is 4.79 Å². The predicted molar refractivity (Wildman–Crippen MR) is 101 cm³/mol. The van der Waals surface area contributed by atoms with E-state index in [1.807, 2.05) is 42.5 Å². The van der Waals surface area contributed by atoms with Gasteiger partial charge in [-0.3, -0.25) is 9.78 Å². The second kappa shape index (κ2) is 8.54. The van der Waals surface area contributed by atoms with E-state index in [1.54, 1.807) is 11.3 Å². The molecular weight excluding hydrogens is 332 g/mol. The summed E-state index contributed by atoms with van der Waals surface area (Å²) in [5.41, 5.74) is 1.04. The molecule has 5 nitrogen and oxygen atoms in total. The number of carbonyl (C=O) groups excluding carboxylic acids is 1. The van der Waals surface area contributed by atoms with Crippen LogP contribution in [0.5, 0.6) is 0 Å². The Morgan fingerprint density at radius 3 is 3.00 bits per heavy atom. The summed E-state index contributed by atoms with van der Waals surface area (Å²) in [5, 5.41) is 1.18. The van der Waals surface area contributed by atoms with Crippen LogP contribution in [0.2, 0.25) is 0 Å². The summed E-state index contributed by atoms with van der Waals surface area (Å²) >= 11 is 1.76. The second-order valence-corrected chi connectivity index (χ2v) is 8.06. The van der Waals surface area contributed by atoms with E-state index in [-0.39, 0.29) is 5.91 Å². The minimum atomic E-state index is 0.255. The molecule has 0 aliphatic carbocycles. The Balaban J connectivity index is 1.47. The molecule has 1 saturated heterocycles. The lowest BCUT2D eigenvalue weighted by atomic mass is 9.98. The number of hydrogen-bond acceptors (Lipinski definition) is 5. The molecule has 3 rings (SSSR count). The summed E-state index contributed by atoms with van der Waals surface area (Å²) in [4.78, 5) is 26.9. The predicted octanol–water partition coefficient (Wildman–Crippen LogP) is 3.07. The lowest BCUT2D eigenvalue weighted by Crippen LogP contribution is -2.40. The number of nitrogens with zero attached hydrogens (tertiary/aromatic N) is 4. The molecule has 1 amide bonds. The summed E-state index contributed by atoms with van der Waals surface area (Å²) in [6, 6.07) is 5.93. The normalized spacial score (nSPS) is 17.9. The molecule has 0 unspecified atom stereocenters. The van der Waals surface area contributed by atoms with Crippen LogP contribution in [0.25, 0.3) is 0 Å². The van der Waals surface area contributed by atoms with Crippen molar-refractivity contribution in [3.8, 4) is 0 Å². The number of likely N-dealkylation sites (tertiary alicyclic amines) is 1. The molecule has 2 aromatic heterocycles. The van der Waals surface area contributed by atoms with E-state index in [1.165, 1.54) is 9.88 Å². The van der Waals surface area contributed by atoms with Gasteiger partial charge in [0.1, 0.15) is 0 Å². The van der Waals surface area contributed by atoms with Crippen LogP contribution in [0.3, 0.4) is 0 Å². The minimum Gasteiger partial charge on any atom is -0.342 e. The Kier molecular flexibility index (Phi) is 6.15. The number of carbonyl (C=O) groups is 1. The zero-order valence-electron chi connectivity index (χ0n) is 15.0. The van der Waals surface area contributed by atoms with Gasteiger partial charge < -0.3 is 9.80 Å². The molecule has 1 atom stereocenters. The SMILES string of the molecule is Cc1cnc([C@@H]2CCCN(C(=O)CCN(C)Cc3ccccn3)C2)s1. The van der Waals surface area contributed by atoms with Crippen molar-refractivity contribution in [2.75, 3.05) is 26.7 Å². The highest BCUT2D eigenvalue weighted by Crippen LogP contribution is 2.29. The van der Waals surface area contributed by atoms with E-state index in [2.05, 4.69) is 21.8 Å². The molecule has 2 aromatic rings. The van der Waals surface area contributed by atoms with Gasteiger partial charge in [0.05, 0.1) is 10.7 Å². The van der Waals surface area contributed by atoms with Crippen LogP contribution < -0.4 is 0 Å². The smallest absolute Gasteiger partial charge is 0.223 e. The van der Waals surface area contributed by atoms with Crippen LogP contribution >= 0.6 is 11.3 Å². The fraction of sp³-hybridized carbons (Fsp3) is 0.526. The van der Waals surface area contributed by atoms with Crippen molar-refractivity contribution in [2.45, 2.75) is 38.6 Å². The Labute approximate surface area is 153 Å². The van der Waals surface area contributed by atoms with Crippen molar-refractivity contribution >= 4 is 17.2 Å². The van der Waals surface area contributed by atoms with Gasteiger partial charge >= 0.3 is 0 Å². The Morgan fingerprint density at radius 1 is 1.40 bits per heavy atom. The third-order valence-electron chi connectivity index (χ3n) is 4.63. The number of piperidine rings is 1. The average molecular weight is 359 g/mol. The maximum absolute atomic E-state index is 12.6. The second-order valence-electron chi connectivity index (χ2n) is 6.80. The lowest BCUT2D eigenvalue weighted by molar-refractivity contribution is -0.132. The average Bonchev–Trinajstić information content (AvgIpc) is 3.07. The van der Waals surface area contributed by atoms with Crippen molar-refractivity contribution in [1.82, 2.24) is 19.8 Å². The number of aromatic nitrogens is 2. The molecular formula is C19H26N4OS. The van der Waals surface area contributed by atoms with Gasteiger partial charge in [0.15, 0.2) is 0 Å². The molecule has 0 radical (unpaired) electrons. The van der Waals surface area contributed by atoms with E-state index in [0.29, 0.717) is 12.3 Å². The van der Waals surface area contributed by atoms with Crippen LogP contribution in [0.4, 0.5) is 0 Å². The van der Waals surface area contributed by atoms with Crippen LogP contribution in [0, 0.1) is 6.92 Å². The largest absolute Gasteiger partial charge is 0.342 e. The van der Waals surface area contributed by atoms with Crippen molar-refractivity contribution in [3.63, 3.8) is 0 Å². The van der Waals surface area contributed by atoms with Gasteiger partial charge in [-0.15, -0.1) is 11.3 Å². The number of aryl methyl sites for hydroxylation is 1. The quantitative estimate of drug-likeness (QED) is 0.796. The lowest BCUT2D eigenvalue weighted by Gasteiger charge is -2.32. The highest BCUT2D eigenvalue weighted by Gasteiger charge is 2.26. The molecule has 25 heavy (non-hydrogen) atoms. The maximum atomic E-state index is 12.6. The van der Waals surface area contributed by atoms with Gasteiger partial charge in [0, 0.05) is 55.8 Å². The van der Waals surface area contributed by atoms with Gasteiger partial charge in [-0.1, -0.05) is 6.07 Å². The summed E-state index contributed by atoms with van der Waals surface area (Å²) < 4.78 is 0. The van der Waals surface area contributed by atoms with Crippen LogP contribution in [0.15, 0.2) is 30.6 Å². The number of hydrogen-bond donors (Lipinski definition) is 0. The number of rotatable bonds is 6. The van der Waals surface area contributed by atoms with Crippen molar-refractivity contribution in [3.05, 3.63) is 46.2 Å². The molecule has 6 heteroatoms. The Hall–Kier alpha value is -1.79. The third kappa shape index (κ3) is 5.09. The van der Waals surface area contributed by atoms with Crippen molar-refractivity contribution in [2.24, 2.45) is 0 Å². The monoisotopic (exact) mass is 358 g/mol. The fourth-order valence-corrected chi connectivity index (χ4v) is 4.16. The van der Waals surface area contributed by atoms with E-state index in [9.17, 15) is 4.79 Å². The fourth-order valence-electron chi connectivity index (χ4n) is 3.26. The molecule has 0 aromatic carbocycles. The molecule has 0 N–H and O–H groups in total. The first-order valence-electron chi connectivity index (χ1n) is 8.90. The first-order chi connectivity index (χ1) is 12.1. The first kappa shape index (κ1) is 18.0. The first-order valence-corrected chi connectivity index (χ1v) is 9.72. The van der Waals surface area contributed by atoms with E-state index < -0.39 is 0 Å². The topological polar surface area (TPSA) is 49.3 Å². The number of thiazole rings is 1. The van der Waals surface area contributed by atoms with Gasteiger partial charge in [-0.25, -0.2) is 4.98 Å². The molecule has 0 saturated carbocycles. The van der Waals surface area contributed by atoms with Gasteiger partial charge in [-0.2, -0.15) is 0 Å². The molecule has 1 fully saturated rings. The third-order valence-corrected chi connectivity index (χ3v) is 5.70. The minimum absolute atomic E-state index is 0.255. The molecule has 0 spiro atoms. The zero-order chi connectivity index (χ0) is 17.6. The highest BCUT2D eigenvalue weighted by atomic mass is 32.1. The van der Waals surface area contributed by atoms with Crippen LogP contribution in [0.1, 0.15) is 40.8 Å². The van der Waals surface area contributed by atoms with E-state index >= 15 is 0 Å². The van der Waals surface area contributed by atoms with Gasteiger partial charge in [0.2, 0.25) is 5.91 Å². The Morgan fingerprint density at radius 2 is 2.28 bits per heavy atom. The molecule has 0 bridgehead atoms. The number of amides is 1. The molecule has 3 heterocycles.